The Hall–Kier alpha value is -2.31. The number of hydrogen-bond acceptors (Lipinski definition) is 3. The van der Waals surface area contributed by atoms with Crippen LogP contribution in [0, 0.1) is 0 Å². The van der Waals surface area contributed by atoms with Crippen LogP contribution in [-0.2, 0) is 13.1 Å². The Bertz CT molecular complexity index is 871. The second-order valence-corrected chi connectivity index (χ2v) is 6.03. The number of aromatic nitrogens is 4. The van der Waals surface area contributed by atoms with Crippen LogP contribution in [0.4, 0.5) is 5.69 Å². The average molecular weight is 364 g/mol. The Morgan fingerprint density at radius 3 is 2.62 bits per heavy atom. The summed E-state index contributed by atoms with van der Waals surface area (Å²) < 4.78 is 3.41. The van der Waals surface area contributed by atoms with Gasteiger partial charge in [0.15, 0.2) is 0 Å². The summed E-state index contributed by atoms with van der Waals surface area (Å²) >= 11 is 11.9. The second kappa shape index (κ2) is 7.07. The molecule has 0 aliphatic heterocycles. The van der Waals surface area contributed by atoms with Crippen LogP contribution in [0.2, 0.25) is 10.0 Å². The monoisotopic (exact) mass is 363 g/mol. The van der Waals surface area contributed by atoms with Crippen LogP contribution < -0.4 is 5.32 Å². The van der Waals surface area contributed by atoms with Crippen molar-refractivity contribution in [1.82, 2.24) is 19.6 Å². The molecule has 3 aromatic rings. The summed E-state index contributed by atoms with van der Waals surface area (Å²) in [6.07, 6.45) is 6.60. The normalized spacial score (nSPS) is 10.8. The molecular weight excluding hydrogens is 349 g/mol. The van der Waals surface area contributed by atoms with E-state index in [0.29, 0.717) is 27.8 Å². The molecule has 6 nitrogen and oxygen atoms in total. The summed E-state index contributed by atoms with van der Waals surface area (Å²) in [7, 11) is 0. The van der Waals surface area contributed by atoms with Gasteiger partial charge in [0.25, 0.3) is 5.91 Å². The number of rotatable bonds is 5. The van der Waals surface area contributed by atoms with Gasteiger partial charge in [-0.05, 0) is 24.6 Å². The Morgan fingerprint density at radius 2 is 1.92 bits per heavy atom. The predicted octanol–water partition coefficient (Wildman–Crippen LogP) is 3.71. The molecule has 1 aromatic carbocycles. The van der Waals surface area contributed by atoms with Gasteiger partial charge in [-0.1, -0.05) is 29.3 Å². The summed E-state index contributed by atoms with van der Waals surface area (Å²) in [6, 6.07) is 5.42. The van der Waals surface area contributed by atoms with Crippen molar-refractivity contribution in [2.24, 2.45) is 0 Å². The third kappa shape index (κ3) is 3.77. The standard InChI is InChI=1S/C16H15Cl2N5O/c1-2-22-9-12(6-19-22)16(24)21-13-7-20-23(10-13)8-11-3-4-14(17)15(18)5-11/h3-7,9-10H,2,8H2,1H3,(H,21,24). The summed E-state index contributed by atoms with van der Waals surface area (Å²) in [5.74, 6) is -0.219. The maximum Gasteiger partial charge on any atom is 0.258 e. The first-order chi connectivity index (χ1) is 11.5. The van der Waals surface area contributed by atoms with Gasteiger partial charge in [-0.15, -0.1) is 0 Å². The molecule has 0 saturated carbocycles. The minimum Gasteiger partial charge on any atom is -0.319 e. The van der Waals surface area contributed by atoms with Crippen LogP contribution in [-0.4, -0.2) is 25.5 Å². The highest BCUT2D eigenvalue weighted by Crippen LogP contribution is 2.23. The first kappa shape index (κ1) is 16.5. The number of carbonyl (C=O) groups excluding carboxylic acids is 1. The minimum absolute atomic E-state index is 0.219. The van der Waals surface area contributed by atoms with Crippen LogP contribution in [0.1, 0.15) is 22.8 Å². The Morgan fingerprint density at radius 1 is 1.12 bits per heavy atom. The third-order valence-corrected chi connectivity index (χ3v) is 4.18. The predicted molar refractivity (Wildman–Crippen MR) is 93.6 cm³/mol. The van der Waals surface area contributed by atoms with Gasteiger partial charge in [0, 0.05) is 18.9 Å². The van der Waals surface area contributed by atoms with Crippen molar-refractivity contribution in [1.29, 1.82) is 0 Å². The van der Waals surface area contributed by atoms with E-state index in [0.717, 1.165) is 12.1 Å². The molecule has 0 spiro atoms. The van der Waals surface area contributed by atoms with Crippen molar-refractivity contribution >= 4 is 34.8 Å². The average Bonchev–Trinajstić information content (AvgIpc) is 3.20. The van der Waals surface area contributed by atoms with Crippen molar-refractivity contribution in [3.05, 3.63) is 64.2 Å². The van der Waals surface area contributed by atoms with Gasteiger partial charge in [0.2, 0.25) is 0 Å². The fourth-order valence-electron chi connectivity index (χ4n) is 2.20. The first-order valence-electron chi connectivity index (χ1n) is 7.35. The number of anilines is 1. The molecule has 2 aromatic heterocycles. The number of hydrogen-bond donors (Lipinski definition) is 1. The molecule has 0 bridgehead atoms. The maximum atomic E-state index is 12.2. The van der Waals surface area contributed by atoms with Crippen LogP contribution in [0.3, 0.4) is 0 Å². The van der Waals surface area contributed by atoms with Crippen LogP contribution in [0.25, 0.3) is 0 Å². The number of amides is 1. The molecule has 8 heteroatoms. The lowest BCUT2D eigenvalue weighted by Crippen LogP contribution is -2.10. The molecule has 0 aliphatic rings. The van der Waals surface area contributed by atoms with Crippen molar-refractivity contribution in [3.8, 4) is 0 Å². The molecule has 0 radical (unpaired) electrons. The number of aryl methyl sites for hydroxylation is 1. The molecule has 2 heterocycles. The Labute approximate surface area is 149 Å². The summed E-state index contributed by atoms with van der Waals surface area (Å²) in [6.45, 7) is 3.21. The zero-order valence-corrected chi connectivity index (χ0v) is 14.4. The van der Waals surface area contributed by atoms with E-state index in [-0.39, 0.29) is 5.91 Å². The molecule has 124 valence electrons. The summed E-state index contributed by atoms with van der Waals surface area (Å²) in [5, 5.41) is 12.1. The lowest BCUT2D eigenvalue weighted by molar-refractivity contribution is 0.102. The zero-order valence-electron chi connectivity index (χ0n) is 12.9. The number of nitrogens with one attached hydrogen (secondary N) is 1. The third-order valence-electron chi connectivity index (χ3n) is 3.44. The summed E-state index contributed by atoms with van der Waals surface area (Å²) in [5.41, 5.74) is 2.09. The van der Waals surface area contributed by atoms with Crippen LogP contribution in [0.5, 0.6) is 0 Å². The maximum absolute atomic E-state index is 12.2. The van der Waals surface area contributed by atoms with E-state index in [1.54, 1.807) is 46.3 Å². The molecule has 0 saturated heterocycles. The molecule has 3 rings (SSSR count). The van der Waals surface area contributed by atoms with Crippen molar-refractivity contribution < 1.29 is 4.79 Å². The lowest BCUT2D eigenvalue weighted by atomic mass is 10.2. The van der Waals surface area contributed by atoms with E-state index < -0.39 is 0 Å². The molecule has 0 unspecified atom stereocenters. The molecule has 0 fully saturated rings. The highest BCUT2D eigenvalue weighted by molar-refractivity contribution is 6.42. The largest absolute Gasteiger partial charge is 0.319 e. The van der Waals surface area contributed by atoms with Gasteiger partial charge in [-0.2, -0.15) is 10.2 Å². The van der Waals surface area contributed by atoms with E-state index >= 15 is 0 Å². The number of halogens is 2. The zero-order chi connectivity index (χ0) is 17.1. The summed E-state index contributed by atoms with van der Waals surface area (Å²) in [4.78, 5) is 12.2. The van der Waals surface area contributed by atoms with Crippen molar-refractivity contribution in [2.45, 2.75) is 20.0 Å². The van der Waals surface area contributed by atoms with Gasteiger partial charge >= 0.3 is 0 Å². The Balaban J connectivity index is 1.66. The van der Waals surface area contributed by atoms with Crippen molar-refractivity contribution in [2.75, 3.05) is 5.32 Å². The number of nitrogens with zero attached hydrogens (tertiary/aromatic N) is 4. The van der Waals surface area contributed by atoms with Gasteiger partial charge in [-0.3, -0.25) is 14.2 Å². The number of carbonyl (C=O) groups is 1. The van der Waals surface area contributed by atoms with Crippen LogP contribution >= 0.6 is 23.2 Å². The van der Waals surface area contributed by atoms with E-state index in [1.807, 2.05) is 13.0 Å². The molecule has 1 amide bonds. The van der Waals surface area contributed by atoms with Gasteiger partial charge < -0.3 is 5.32 Å². The van der Waals surface area contributed by atoms with Crippen LogP contribution in [0.15, 0.2) is 43.0 Å². The SMILES string of the molecule is CCn1cc(C(=O)Nc2cnn(Cc3ccc(Cl)c(Cl)c3)c2)cn1. The van der Waals surface area contributed by atoms with E-state index in [4.69, 9.17) is 23.2 Å². The topological polar surface area (TPSA) is 64.7 Å². The molecule has 1 N–H and O–H groups in total. The lowest BCUT2D eigenvalue weighted by Gasteiger charge is -2.03. The molecule has 0 aliphatic carbocycles. The van der Waals surface area contributed by atoms with Crippen molar-refractivity contribution in [3.63, 3.8) is 0 Å². The molecular formula is C16H15Cl2N5O. The fourth-order valence-corrected chi connectivity index (χ4v) is 2.52. The van der Waals surface area contributed by atoms with Gasteiger partial charge in [0.05, 0.1) is 40.2 Å². The minimum atomic E-state index is -0.219. The highest BCUT2D eigenvalue weighted by atomic mass is 35.5. The van der Waals surface area contributed by atoms with E-state index in [9.17, 15) is 4.79 Å². The highest BCUT2D eigenvalue weighted by Gasteiger charge is 2.10. The fraction of sp³-hybridized carbons (Fsp3) is 0.188. The quantitative estimate of drug-likeness (QED) is 0.751. The Kier molecular flexibility index (Phi) is 4.87. The van der Waals surface area contributed by atoms with E-state index in [2.05, 4.69) is 15.5 Å². The van der Waals surface area contributed by atoms with Gasteiger partial charge in [0.1, 0.15) is 0 Å². The van der Waals surface area contributed by atoms with E-state index in [1.165, 1.54) is 0 Å². The molecule has 0 atom stereocenters. The van der Waals surface area contributed by atoms with Gasteiger partial charge in [-0.25, -0.2) is 0 Å². The first-order valence-corrected chi connectivity index (χ1v) is 8.11. The molecule has 24 heavy (non-hydrogen) atoms. The second-order valence-electron chi connectivity index (χ2n) is 5.21. The number of benzene rings is 1. The smallest absolute Gasteiger partial charge is 0.258 e.